The molecule has 5 heteroatoms. The molecule has 0 radical (unpaired) electrons. The highest BCUT2D eigenvalue weighted by atomic mass is 19.4. The summed E-state index contributed by atoms with van der Waals surface area (Å²) in [6, 6.07) is 6.30. The maximum absolute atomic E-state index is 12.3. The van der Waals surface area contributed by atoms with E-state index in [-0.39, 0.29) is 11.3 Å². The van der Waals surface area contributed by atoms with E-state index in [1.54, 1.807) is 6.07 Å². The summed E-state index contributed by atoms with van der Waals surface area (Å²) >= 11 is 0. The third-order valence-electron chi connectivity index (χ3n) is 3.76. The number of ether oxygens (including phenoxy) is 1. The SMILES string of the molecule is CC(C)C1(c2cccc(OC(F)(F)F)c2)CCCN1. The molecule has 1 aromatic carbocycles. The fraction of sp³-hybridized carbons (Fsp3) is 0.571. The molecule has 0 amide bonds. The molecule has 2 nitrogen and oxygen atoms in total. The molecule has 0 aromatic heterocycles. The molecule has 1 N–H and O–H groups in total. The van der Waals surface area contributed by atoms with Gasteiger partial charge in [0.05, 0.1) is 0 Å². The maximum atomic E-state index is 12.3. The molecule has 1 atom stereocenters. The zero-order valence-corrected chi connectivity index (χ0v) is 11.1. The molecule has 1 aliphatic heterocycles. The molecule has 19 heavy (non-hydrogen) atoms. The van der Waals surface area contributed by atoms with Crippen molar-refractivity contribution in [1.82, 2.24) is 5.32 Å². The van der Waals surface area contributed by atoms with E-state index in [2.05, 4.69) is 23.9 Å². The lowest BCUT2D eigenvalue weighted by atomic mass is 9.79. The zero-order chi connectivity index (χ0) is 14.1. The Morgan fingerprint density at radius 3 is 2.58 bits per heavy atom. The molecular formula is C14H18F3NO. The van der Waals surface area contributed by atoms with Gasteiger partial charge in [0.25, 0.3) is 0 Å². The minimum atomic E-state index is -4.65. The summed E-state index contributed by atoms with van der Waals surface area (Å²) in [5.74, 6) is 0.148. The van der Waals surface area contributed by atoms with Gasteiger partial charge in [-0.25, -0.2) is 0 Å². The molecule has 1 fully saturated rings. The number of hydrogen-bond acceptors (Lipinski definition) is 2. The van der Waals surface area contributed by atoms with E-state index < -0.39 is 6.36 Å². The smallest absolute Gasteiger partial charge is 0.406 e. The number of halogens is 3. The van der Waals surface area contributed by atoms with Gasteiger partial charge >= 0.3 is 6.36 Å². The first-order valence-electron chi connectivity index (χ1n) is 6.45. The van der Waals surface area contributed by atoms with Crippen molar-refractivity contribution in [3.05, 3.63) is 29.8 Å². The summed E-state index contributed by atoms with van der Waals surface area (Å²) in [5, 5.41) is 3.44. The van der Waals surface area contributed by atoms with Crippen LogP contribution >= 0.6 is 0 Å². The summed E-state index contributed by atoms with van der Waals surface area (Å²) in [5.41, 5.74) is 0.618. The summed E-state index contributed by atoms with van der Waals surface area (Å²) < 4.78 is 40.8. The van der Waals surface area contributed by atoms with Crippen LogP contribution in [0.15, 0.2) is 24.3 Å². The number of hydrogen-bond donors (Lipinski definition) is 1. The van der Waals surface area contributed by atoms with Crippen molar-refractivity contribution in [2.24, 2.45) is 5.92 Å². The van der Waals surface area contributed by atoms with Crippen molar-refractivity contribution in [2.45, 2.75) is 38.6 Å². The van der Waals surface area contributed by atoms with Gasteiger partial charge in [-0.05, 0) is 43.0 Å². The number of nitrogens with one attached hydrogen (secondary N) is 1. The molecule has 1 aromatic rings. The fourth-order valence-electron chi connectivity index (χ4n) is 2.81. The van der Waals surface area contributed by atoms with Gasteiger partial charge in [-0.1, -0.05) is 26.0 Å². The predicted octanol–water partition coefficient (Wildman–Crippen LogP) is 3.82. The van der Waals surface area contributed by atoms with Crippen LogP contribution in [0.3, 0.4) is 0 Å². The molecule has 1 unspecified atom stereocenters. The van der Waals surface area contributed by atoms with Crippen LogP contribution in [0.1, 0.15) is 32.3 Å². The molecule has 0 bridgehead atoms. The van der Waals surface area contributed by atoms with Gasteiger partial charge in [0.1, 0.15) is 5.75 Å². The molecule has 1 heterocycles. The second-order valence-corrected chi connectivity index (χ2v) is 5.23. The van der Waals surface area contributed by atoms with E-state index in [1.807, 2.05) is 6.07 Å². The van der Waals surface area contributed by atoms with Crippen LogP contribution in [-0.4, -0.2) is 12.9 Å². The molecule has 2 rings (SSSR count). The van der Waals surface area contributed by atoms with Crippen LogP contribution in [0.4, 0.5) is 13.2 Å². The van der Waals surface area contributed by atoms with E-state index >= 15 is 0 Å². The Labute approximate surface area is 111 Å². The van der Waals surface area contributed by atoms with E-state index in [1.165, 1.54) is 12.1 Å². The van der Waals surface area contributed by atoms with E-state index in [9.17, 15) is 13.2 Å². The van der Waals surface area contributed by atoms with Gasteiger partial charge < -0.3 is 10.1 Å². The van der Waals surface area contributed by atoms with E-state index in [4.69, 9.17) is 0 Å². The first-order valence-corrected chi connectivity index (χ1v) is 6.45. The average Bonchev–Trinajstić information content (AvgIpc) is 2.77. The van der Waals surface area contributed by atoms with Gasteiger partial charge in [-0.3, -0.25) is 0 Å². The lowest BCUT2D eigenvalue weighted by Gasteiger charge is -2.34. The molecule has 0 aliphatic carbocycles. The Morgan fingerprint density at radius 1 is 1.32 bits per heavy atom. The van der Waals surface area contributed by atoms with Gasteiger partial charge in [0, 0.05) is 5.54 Å². The Morgan fingerprint density at radius 2 is 2.05 bits per heavy atom. The van der Waals surface area contributed by atoms with Gasteiger partial charge in [-0.2, -0.15) is 0 Å². The predicted molar refractivity (Wildman–Crippen MR) is 66.9 cm³/mol. The normalized spacial score (nSPS) is 23.9. The third-order valence-corrected chi connectivity index (χ3v) is 3.76. The first kappa shape index (κ1) is 14.2. The lowest BCUT2D eigenvalue weighted by Crippen LogP contribution is -2.41. The van der Waals surface area contributed by atoms with Crippen LogP contribution in [-0.2, 0) is 5.54 Å². The summed E-state index contributed by atoms with van der Waals surface area (Å²) in [6.07, 6.45) is -2.69. The summed E-state index contributed by atoms with van der Waals surface area (Å²) in [7, 11) is 0. The average molecular weight is 273 g/mol. The number of rotatable bonds is 3. The van der Waals surface area contributed by atoms with Crippen LogP contribution in [0.25, 0.3) is 0 Å². The second kappa shape index (κ2) is 5.04. The van der Waals surface area contributed by atoms with Crippen molar-refractivity contribution in [2.75, 3.05) is 6.54 Å². The summed E-state index contributed by atoms with van der Waals surface area (Å²) in [6.45, 7) is 5.05. The van der Waals surface area contributed by atoms with Crippen LogP contribution in [0.2, 0.25) is 0 Å². The molecule has 106 valence electrons. The third kappa shape index (κ3) is 3.03. The molecular weight excluding hydrogens is 255 g/mol. The van der Waals surface area contributed by atoms with Crippen molar-refractivity contribution < 1.29 is 17.9 Å². The van der Waals surface area contributed by atoms with Crippen LogP contribution < -0.4 is 10.1 Å². The van der Waals surface area contributed by atoms with Crippen molar-refractivity contribution in [1.29, 1.82) is 0 Å². The second-order valence-electron chi connectivity index (χ2n) is 5.23. The van der Waals surface area contributed by atoms with Crippen LogP contribution in [0.5, 0.6) is 5.75 Å². The summed E-state index contributed by atoms with van der Waals surface area (Å²) in [4.78, 5) is 0. The minimum Gasteiger partial charge on any atom is -0.406 e. The largest absolute Gasteiger partial charge is 0.573 e. The molecule has 1 aliphatic rings. The van der Waals surface area contributed by atoms with Crippen molar-refractivity contribution >= 4 is 0 Å². The zero-order valence-electron chi connectivity index (χ0n) is 11.1. The topological polar surface area (TPSA) is 21.3 Å². The van der Waals surface area contributed by atoms with Gasteiger partial charge in [0.15, 0.2) is 0 Å². The van der Waals surface area contributed by atoms with Crippen molar-refractivity contribution in [3.63, 3.8) is 0 Å². The number of alkyl halides is 3. The lowest BCUT2D eigenvalue weighted by molar-refractivity contribution is -0.274. The van der Waals surface area contributed by atoms with Gasteiger partial charge in [0.2, 0.25) is 0 Å². The maximum Gasteiger partial charge on any atom is 0.573 e. The van der Waals surface area contributed by atoms with E-state index in [0.29, 0.717) is 5.92 Å². The quantitative estimate of drug-likeness (QED) is 0.904. The first-order chi connectivity index (χ1) is 8.83. The highest BCUT2D eigenvalue weighted by Crippen LogP contribution is 2.39. The Hall–Kier alpha value is -1.23. The Kier molecular flexibility index (Phi) is 3.76. The Bertz CT molecular complexity index is 437. The highest BCUT2D eigenvalue weighted by Gasteiger charge is 2.39. The minimum absolute atomic E-state index is 0.154. The van der Waals surface area contributed by atoms with Crippen molar-refractivity contribution in [3.8, 4) is 5.75 Å². The monoisotopic (exact) mass is 273 g/mol. The standard InChI is InChI=1S/C14H18F3NO/c1-10(2)13(7-4-8-18-13)11-5-3-6-12(9-11)19-14(15,16)17/h3,5-6,9-10,18H,4,7-8H2,1-2H3. The van der Waals surface area contributed by atoms with Crippen LogP contribution in [0, 0.1) is 5.92 Å². The molecule has 0 spiro atoms. The number of benzene rings is 1. The van der Waals surface area contributed by atoms with E-state index in [0.717, 1.165) is 24.9 Å². The highest BCUT2D eigenvalue weighted by molar-refractivity contribution is 5.34. The fourth-order valence-corrected chi connectivity index (χ4v) is 2.81. The molecule has 0 saturated carbocycles. The van der Waals surface area contributed by atoms with Gasteiger partial charge in [-0.15, -0.1) is 13.2 Å². The molecule has 1 saturated heterocycles. The Balaban J connectivity index is 2.32.